The van der Waals surface area contributed by atoms with Crippen molar-refractivity contribution in [2.24, 2.45) is 0 Å². The number of carbonyl (C=O) groups excluding carboxylic acids is 1. The second kappa shape index (κ2) is 11.8. The van der Waals surface area contributed by atoms with E-state index in [0.29, 0.717) is 29.2 Å². The van der Waals surface area contributed by atoms with Crippen molar-refractivity contribution >= 4 is 36.8 Å². The zero-order chi connectivity index (χ0) is 31.0. The standard InChI is InChI=1S/C31H32O9S2/c1-4-5-6-7-8-26(32)23-12-10-21(16-19(23)3)20-9-11-22(18(2)15-20)24-13-14-25-27(41(35,36)37)17-28(42(38,39)40)31(34)29(25)30(24)33/h9-17,33-34H,4-8H2,1-3H3,(H,35,36,37)(H,38,39,40). The molecule has 0 spiro atoms. The summed E-state index contributed by atoms with van der Waals surface area (Å²) in [5.41, 5.74) is 4.61. The number of rotatable bonds is 10. The Hall–Kier alpha value is -3.77. The van der Waals surface area contributed by atoms with Crippen LogP contribution in [0.1, 0.15) is 60.5 Å². The highest BCUT2D eigenvalue weighted by Crippen LogP contribution is 2.46. The van der Waals surface area contributed by atoms with E-state index in [-0.39, 0.29) is 16.7 Å². The molecular formula is C31H32O9S2. The molecule has 42 heavy (non-hydrogen) atoms. The lowest BCUT2D eigenvalue weighted by atomic mass is 9.91. The first kappa shape index (κ1) is 31.2. The third-order valence-electron chi connectivity index (χ3n) is 7.37. The number of carbonyl (C=O) groups is 1. The molecule has 0 amide bonds. The zero-order valence-electron chi connectivity index (χ0n) is 23.4. The van der Waals surface area contributed by atoms with Gasteiger partial charge in [0.1, 0.15) is 21.3 Å². The molecule has 0 atom stereocenters. The van der Waals surface area contributed by atoms with Crippen molar-refractivity contribution in [1.29, 1.82) is 0 Å². The first-order chi connectivity index (χ1) is 19.6. The third-order valence-corrected chi connectivity index (χ3v) is 9.13. The van der Waals surface area contributed by atoms with Gasteiger partial charge in [0.15, 0.2) is 5.78 Å². The number of aromatic hydroxyl groups is 2. The lowest BCUT2D eigenvalue weighted by Crippen LogP contribution is -2.05. The van der Waals surface area contributed by atoms with Crippen molar-refractivity contribution in [3.8, 4) is 33.8 Å². The van der Waals surface area contributed by atoms with Crippen LogP contribution in [0.2, 0.25) is 0 Å². The zero-order valence-corrected chi connectivity index (χ0v) is 25.0. The normalized spacial score (nSPS) is 12.1. The largest absolute Gasteiger partial charge is 0.507 e. The molecule has 0 heterocycles. The summed E-state index contributed by atoms with van der Waals surface area (Å²) in [7, 11) is -10.1. The highest BCUT2D eigenvalue weighted by molar-refractivity contribution is 7.86. The maximum absolute atomic E-state index is 12.7. The van der Waals surface area contributed by atoms with Crippen LogP contribution in [0.5, 0.6) is 11.5 Å². The molecule has 0 aliphatic carbocycles. The van der Waals surface area contributed by atoms with Crippen molar-refractivity contribution in [3.05, 3.63) is 71.3 Å². The van der Waals surface area contributed by atoms with E-state index in [0.717, 1.165) is 42.4 Å². The second-order valence-electron chi connectivity index (χ2n) is 10.3. The lowest BCUT2D eigenvalue weighted by molar-refractivity contribution is 0.0978. The molecule has 4 aromatic rings. The van der Waals surface area contributed by atoms with Gasteiger partial charge in [0.2, 0.25) is 0 Å². The molecular weight excluding hydrogens is 580 g/mol. The van der Waals surface area contributed by atoms with E-state index >= 15 is 0 Å². The number of hydrogen-bond acceptors (Lipinski definition) is 7. The van der Waals surface area contributed by atoms with Crippen LogP contribution in [-0.2, 0) is 20.2 Å². The Morgan fingerprint density at radius 1 is 0.690 bits per heavy atom. The van der Waals surface area contributed by atoms with Crippen LogP contribution >= 0.6 is 0 Å². The van der Waals surface area contributed by atoms with Crippen molar-refractivity contribution in [2.75, 3.05) is 0 Å². The fraction of sp³-hybridized carbons (Fsp3) is 0.258. The quantitative estimate of drug-likeness (QED) is 0.0851. The third kappa shape index (κ3) is 6.19. The van der Waals surface area contributed by atoms with Crippen LogP contribution in [0.25, 0.3) is 33.0 Å². The Kier molecular flexibility index (Phi) is 8.79. The van der Waals surface area contributed by atoms with Gasteiger partial charge in [-0.3, -0.25) is 13.9 Å². The average Bonchev–Trinajstić information content (AvgIpc) is 2.90. The predicted octanol–water partition coefficient (Wildman–Crippen LogP) is 6.85. The number of fused-ring (bicyclic) bond motifs is 1. The molecule has 4 aromatic carbocycles. The van der Waals surface area contributed by atoms with Gasteiger partial charge in [-0.15, -0.1) is 0 Å². The minimum atomic E-state index is -5.12. The summed E-state index contributed by atoms with van der Waals surface area (Å²) in [5.74, 6) is -1.59. The number of unbranched alkanes of at least 4 members (excludes halogenated alkanes) is 3. The minimum absolute atomic E-state index is 0.117. The fourth-order valence-corrected chi connectivity index (χ4v) is 6.60. The molecule has 0 aliphatic heterocycles. The maximum Gasteiger partial charge on any atom is 0.298 e. The fourth-order valence-electron chi connectivity index (χ4n) is 5.20. The number of benzene rings is 4. The highest BCUT2D eigenvalue weighted by Gasteiger charge is 2.28. The van der Waals surface area contributed by atoms with E-state index in [2.05, 4.69) is 6.92 Å². The van der Waals surface area contributed by atoms with Crippen LogP contribution in [0.3, 0.4) is 0 Å². The summed E-state index contributed by atoms with van der Waals surface area (Å²) in [5, 5.41) is 20.9. The first-order valence-corrected chi connectivity index (χ1v) is 16.2. The SMILES string of the molecule is CCCCCCC(=O)c1ccc(-c2ccc(-c3ccc4c(S(=O)(=O)O)cc(S(=O)(=O)O)c(O)c4c3O)c(C)c2)cc1C. The summed E-state index contributed by atoms with van der Waals surface area (Å²) in [6.45, 7) is 5.80. The number of Topliss-reactive ketones (excluding diaryl/α,β-unsaturated/α-hetero) is 1. The van der Waals surface area contributed by atoms with E-state index in [1.165, 1.54) is 12.1 Å². The van der Waals surface area contributed by atoms with Gasteiger partial charge in [-0.1, -0.05) is 68.7 Å². The van der Waals surface area contributed by atoms with Gasteiger partial charge in [-0.2, -0.15) is 16.8 Å². The molecule has 11 heteroatoms. The molecule has 0 radical (unpaired) electrons. The number of hydrogen-bond donors (Lipinski definition) is 4. The first-order valence-electron chi connectivity index (χ1n) is 13.4. The van der Waals surface area contributed by atoms with E-state index in [1.807, 2.05) is 31.2 Å². The number of ketones is 1. The summed E-state index contributed by atoms with van der Waals surface area (Å²) in [6, 6.07) is 14.0. The Bertz CT molecular complexity index is 1930. The average molecular weight is 613 g/mol. The molecule has 0 aliphatic rings. The van der Waals surface area contributed by atoms with Gasteiger partial charge in [0, 0.05) is 22.9 Å². The van der Waals surface area contributed by atoms with Gasteiger partial charge in [-0.05, 0) is 60.2 Å². The number of phenolic OH excluding ortho intramolecular Hbond substituents is 2. The molecule has 9 nitrogen and oxygen atoms in total. The van der Waals surface area contributed by atoms with E-state index in [1.54, 1.807) is 19.1 Å². The van der Waals surface area contributed by atoms with E-state index < -0.39 is 46.9 Å². The van der Waals surface area contributed by atoms with Gasteiger partial charge in [-0.25, -0.2) is 0 Å². The second-order valence-corrected chi connectivity index (χ2v) is 13.1. The highest BCUT2D eigenvalue weighted by atomic mass is 32.2. The predicted molar refractivity (Wildman–Crippen MR) is 160 cm³/mol. The van der Waals surface area contributed by atoms with Crippen molar-refractivity contribution in [1.82, 2.24) is 0 Å². The Morgan fingerprint density at radius 3 is 1.86 bits per heavy atom. The molecule has 4 N–H and O–H groups in total. The van der Waals surface area contributed by atoms with E-state index in [4.69, 9.17) is 0 Å². The molecule has 222 valence electrons. The maximum atomic E-state index is 12.7. The smallest absolute Gasteiger partial charge is 0.298 e. The summed E-state index contributed by atoms with van der Waals surface area (Å²) in [4.78, 5) is 10.6. The lowest BCUT2D eigenvalue weighted by Gasteiger charge is -2.16. The Morgan fingerprint density at radius 2 is 1.29 bits per heavy atom. The van der Waals surface area contributed by atoms with Crippen LogP contribution in [0.4, 0.5) is 0 Å². The molecule has 0 saturated carbocycles. The van der Waals surface area contributed by atoms with Gasteiger partial charge in [0.25, 0.3) is 20.2 Å². The molecule has 0 bridgehead atoms. The van der Waals surface area contributed by atoms with Crippen LogP contribution in [0.15, 0.2) is 64.4 Å². The molecule has 0 saturated heterocycles. The topological polar surface area (TPSA) is 166 Å². The molecule has 0 fully saturated rings. The number of aryl methyl sites for hydroxylation is 2. The van der Waals surface area contributed by atoms with Crippen LogP contribution in [-0.4, -0.2) is 41.9 Å². The van der Waals surface area contributed by atoms with Crippen molar-refractivity contribution in [2.45, 2.75) is 62.7 Å². The summed E-state index contributed by atoms with van der Waals surface area (Å²) >= 11 is 0. The monoisotopic (exact) mass is 612 g/mol. The number of phenols is 2. The summed E-state index contributed by atoms with van der Waals surface area (Å²) in [6.07, 6.45) is 4.61. The molecule has 0 aromatic heterocycles. The van der Waals surface area contributed by atoms with Gasteiger partial charge < -0.3 is 10.2 Å². The van der Waals surface area contributed by atoms with E-state index in [9.17, 15) is 40.9 Å². The van der Waals surface area contributed by atoms with Gasteiger partial charge in [0.05, 0.1) is 5.39 Å². The van der Waals surface area contributed by atoms with Gasteiger partial charge >= 0.3 is 0 Å². The molecule has 0 unspecified atom stereocenters. The summed E-state index contributed by atoms with van der Waals surface area (Å²) < 4.78 is 66.8. The van der Waals surface area contributed by atoms with Crippen molar-refractivity contribution < 1.29 is 40.9 Å². The minimum Gasteiger partial charge on any atom is -0.507 e. The molecule has 4 rings (SSSR count). The van der Waals surface area contributed by atoms with Crippen LogP contribution < -0.4 is 0 Å². The van der Waals surface area contributed by atoms with Crippen molar-refractivity contribution in [3.63, 3.8) is 0 Å². The van der Waals surface area contributed by atoms with Crippen LogP contribution in [0, 0.1) is 13.8 Å². The Balaban J connectivity index is 1.76. The Labute approximate surface area is 245 Å².